The van der Waals surface area contributed by atoms with Crippen molar-refractivity contribution < 1.29 is 0 Å². The van der Waals surface area contributed by atoms with E-state index >= 15 is 0 Å². The Morgan fingerprint density at radius 3 is 2.80 bits per heavy atom. The maximum Gasteiger partial charge on any atom is 0.142 e. The molecule has 0 aliphatic heterocycles. The number of nitrogens with zero attached hydrogens (tertiary/aromatic N) is 2. The van der Waals surface area contributed by atoms with Gasteiger partial charge in [0.05, 0.1) is 5.69 Å². The number of pyridine rings is 2. The topological polar surface area (TPSA) is 25.8 Å². The largest absolute Gasteiger partial charge is 0.264 e. The van der Waals surface area contributed by atoms with Crippen LogP contribution in [-0.4, -0.2) is 9.97 Å². The molecular weight excluding hydrogens is 414 g/mol. The van der Waals surface area contributed by atoms with Gasteiger partial charge in [-0.1, -0.05) is 51.2 Å². The van der Waals surface area contributed by atoms with Gasteiger partial charge in [-0.2, -0.15) is 0 Å². The molecule has 2 heterocycles. The van der Waals surface area contributed by atoms with Gasteiger partial charge in [-0.15, -0.1) is 0 Å². The zero-order valence-electron chi connectivity index (χ0n) is 7.61. The Hall–Kier alpha value is -0.240. The minimum absolute atomic E-state index is 0.0737. The molecule has 3 rings (SSSR count). The lowest BCUT2D eigenvalue weighted by Crippen LogP contribution is -2.07. The van der Waals surface area contributed by atoms with Crippen molar-refractivity contribution >= 4 is 45.2 Å². The van der Waals surface area contributed by atoms with Crippen molar-refractivity contribution in [1.82, 2.24) is 9.97 Å². The highest BCUT2D eigenvalue weighted by Gasteiger charge is 2.40. The summed E-state index contributed by atoms with van der Waals surface area (Å²) in [7, 11) is 0. The fourth-order valence-corrected chi connectivity index (χ4v) is 3.60. The van der Waals surface area contributed by atoms with Gasteiger partial charge in [0.1, 0.15) is 1.43 Å². The standard InChI is InChI=1S/C11H6I2N2/c12-11(13)9-6-14-5-3-7(9)8-2-1-4-15-10(8)11/h1-6H. The van der Waals surface area contributed by atoms with Crippen molar-refractivity contribution in [2.45, 2.75) is 1.43 Å². The van der Waals surface area contributed by atoms with E-state index in [4.69, 9.17) is 0 Å². The quantitative estimate of drug-likeness (QED) is 0.482. The molecule has 1 aliphatic rings. The summed E-state index contributed by atoms with van der Waals surface area (Å²) in [5.41, 5.74) is 4.88. The first kappa shape index (κ1) is 9.95. The third kappa shape index (κ3) is 1.33. The Morgan fingerprint density at radius 1 is 1.07 bits per heavy atom. The van der Waals surface area contributed by atoms with Gasteiger partial charge in [-0.05, 0) is 17.7 Å². The third-order valence-electron chi connectivity index (χ3n) is 2.55. The molecule has 0 saturated carbocycles. The van der Waals surface area contributed by atoms with Gasteiger partial charge < -0.3 is 0 Å². The van der Waals surface area contributed by atoms with Crippen LogP contribution >= 0.6 is 45.2 Å². The summed E-state index contributed by atoms with van der Waals surface area (Å²) < 4.78 is -0.0737. The zero-order valence-corrected chi connectivity index (χ0v) is 11.9. The Labute approximate surface area is 115 Å². The van der Waals surface area contributed by atoms with Crippen LogP contribution in [0.4, 0.5) is 0 Å². The van der Waals surface area contributed by atoms with Crippen molar-refractivity contribution in [3.8, 4) is 11.1 Å². The van der Waals surface area contributed by atoms with Crippen LogP contribution in [0, 0.1) is 0 Å². The molecule has 0 N–H and O–H groups in total. The van der Waals surface area contributed by atoms with Crippen molar-refractivity contribution in [2.75, 3.05) is 0 Å². The molecule has 15 heavy (non-hydrogen) atoms. The van der Waals surface area contributed by atoms with Gasteiger partial charge in [-0.25, -0.2) is 0 Å². The summed E-state index contributed by atoms with van der Waals surface area (Å²) in [6.07, 6.45) is 5.63. The molecule has 0 spiro atoms. The van der Waals surface area contributed by atoms with E-state index in [0.29, 0.717) is 0 Å². The second kappa shape index (κ2) is 3.38. The first-order valence-electron chi connectivity index (χ1n) is 4.49. The Kier molecular flexibility index (Phi) is 2.24. The van der Waals surface area contributed by atoms with Gasteiger partial charge >= 0.3 is 0 Å². The number of rotatable bonds is 0. The van der Waals surface area contributed by atoms with Gasteiger partial charge in [0, 0.05) is 29.7 Å². The number of fused-ring (bicyclic) bond motifs is 3. The van der Waals surface area contributed by atoms with E-state index < -0.39 is 0 Å². The minimum Gasteiger partial charge on any atom is -0.264 e. The average molecular weight is 420 g/mol. The van der Waals surface area contributed by atoms with Crippen LogP contribution in [-0.2, 0) is 1.43 Å². The smallest absolute Gasteiger partial charge is 0.142 e. The van der Waals surface area contributed by atoms with E-state index in [1.165, 1.54) is 16.7 Å². The van der Waals surface area contributed by atoms with Crippen LogP contribution in [0.1, 0.15) is 11.3 Å². The summed E-state index contributed by atoms with van der Waals surface area (Å²) in [4.78, 5) is 8.68. The first-order chi connectivity index (χ1) is 7.21. The van der Waals surface area contributed by atoms with Crippen molar-refractivity contribution in [1.29, 1.82) is 0 Å². The minimum atomic E-state index is -0.0737. The number of alkyl halides is 2. The molecule has 2 nitrogen and oxygen atoms in total. The van der Waals surface area contributed by atoms with Crippen LogP contribution in [0.5, 0.6) is 0 Å². The molecular formula is C11H6I2N2. The highest BCUT2D eigenvalue weighted by molar-refractivity contribution is 14.2. The van der Waals surface area contributed by atoms with E-state index in [9.17, 15) is 0 Å². The van der Waals surface area contributed by atoms with Gasteiger partial charge in [0.15, 0.2) is 0 Å². The molecule has 0 aromatic carbocycles. The molecule has 0 amide bonds. The van der Waals surface area contributed by atoms with Crippen molar-refractivity contribution in [2.24, 2.45) is 0 Å². The molecule has 0 saturated heterocycles. The first-order valence-corrected chi connectivity index (χ1v) is 6.65. The van der Waals surface area contributed by atoms with Crippen LogP contribution in [0.15, 0.2) is 36.8 Å². The number of hydrogen-bond acceptors (Lipinski definition) is 2. The molecule has 0 fully saturated rings. The van der Waals surface area contributed by atoms with Crippen LogP contribution in [0.25, 0.3) is 11.1 Å². The summed E-state index contributed by atoms with van der Waals surface area (Å²) in [5.74, 6) is 0. The summed E-state index contributed by atoms with van der Waals surface area (Å²) in [6.45, 7) is 0. The SMILES string of the molecule is IC1(I)c2cnccc2-c2cccnc21. The average Bonchev–Trinajstić information content (AvgIpc) is 2.51. The molecule has 0 radical (unpaired) electrons. The van der Waals surface area contributed by atoms with E-state index in [1.807, 2.05) is 24.7 Å². The fourth-order valence-electron chi connectivity index (χ4n) is 1.88. The predicted octanol–water partition coefficient (Wildman–Crippen LogP) is 3.53. The fraction of sp³-hybridized carbons (Fsp3) is 0.0909. The summed E-state index contributed by atoms with van der Waals surface area (Å²) in [6, 6.07) is 6.17. The molecule has 2 aromatic heterocycles. The lowest BCUT2D eigenvalue weighted by molar-refractivity contribution is 1.09. The highest BCUT2D eigenvalue weighted by Crippen LogP contribution is 2.55. The maximum atomic E-state index is 4.48. The van der Waals surface area contributed by atoms with Gasteiger partial charge in [-0.3, -0.25) is 9.97 Å². The normalized spacial score (nSPS) is 15.9. The monoisotopic (exact) mass is 420 g/mol. The molecule has 1 aliphatic carbocycles. The van der Waals surface area contributed by atoms with Gasteiger partial charge in [0.2, 0.25) is 0 Å². The number of aromatic nitrogens is 2. The molecule has 74 valence electrons. The van der Waals surface area contributed by atoms with E-state index in [-0.39, 0.29) is 1.43 Å². The van der Waals surface area contributed by atoms with Crippen molar-refractivity contribution in [3.05, 3.63) is 48.0 Å². The molecule has 4 heteroatoms. The van der Waals surface area contributed by atoms with E-state index in [0.717, 1.165) is 5.69 Å². The van der Waals surface area contributed by atoms with Crippen molar-refractivity contribution in [3.63, 3.8) is 0 Å². The lowest BCUT2D eigenvalue weighted by atomic mass is 10.1. The highest BCUT2D eigenvalue weighted by atomic mass is 127. The maximum absolute atomic E-state index is 4.48. The van der Waals surface area contributed by atoms with Crippen LogP contribution in [0.3, 0.4) is 0 Å². The molecule has 2 aromatic rings. The Bertz CT molecular complexity index is 490. The second-order valence-electron chi connectivity index (χ2n) is 3.40. The van der Waals surface area contributed by atoms with E-state index in [1.54, 1.807) is 0 Å². The molecule has 0 bridgehead atoms. The van der Waals surface area contributed by atoms with Crippen LogP contribution in [0.2, 0.25) is 0 Å². The summed E-state index contributed by atoms with van der Waals surface area (Å²) in [5, 5.41) is 0. The number of halogens is 2. The second-order valence-corrected chi connectivity index (χ2v) is 8.70. The van der Waals surface area contributed by atoms with E-state index in [2.05, 4.69) is 67.3 Å². The lowest BCUT2D eigenvalue weighted by Gasteiger charge is -2.14. The Balaban J connectivity index is 2.42. The third-order valence-corrected chi connectivity index (χ3v) is 4.74. The Morgan fingerprint density at radius 2 is 1.93 bits per heavy atom. The zero-order chi connectivity index (χ0) is 10.5. The molecule has 0 atom stereocenters. The van der Waals surface area contributed by atoms with Crippen LogP contribution < -0.4 is 0 Å². The predicted molar refractivity (Wildman–Crippen MR) is 76.3 cm³/mol. The summed E-state index contributed by atoms with van der Waals surface area (Å²) >= 11 is 4.87. The molecule has 0 unspecified atom stereocenters. The number of hydrogen-bond donors (Lipinski definition) is 0. The van der Waals surface area contributed by atoms with Gasteiger partial charge in [0.25, 0.3) is 0 Å².